The van der Waals surface area contributed by atoms with Gasteiger partial charge in [-0.25, -0.2) is 4.98 Å². The van der Waals surface area contributed by atoms with E-state index in [1.807, 2.05) is 6.20 Å². The topological polar surface area (TPSA) is 17.8 Å². The first-order valence-corrected chi connectivity index (χ1v) is 16.7. The van der Waals surface area contributed by atoms with Crippen molar-refractivity contribution in [2.45, 2.75) is 200 Å². The summed E-state index contributed by atoms with van der Waals surface area (Å²) in [5.41, 5.74) is 0. The third kappa shape index (κ3) is 17.6. The molecule has 2 unspecified atom stereocenters. The van der Waals surface area contributed by atoms with Gasteiger partial charge in [-0.2, -0.15) is 0 Å². The average molecular weight is 503 g/mol. The third-order valence-electron chi connectivity index (χ3n) is 8.33. The molecule has 2 heteroatoms. The molecule has 0 aliphatic rings. The predicted molar refractivity (Wildman–Crippen MR) is 162 cm³/mol. The van der Waals surface area contributed by atoms with Crippen LogP contribution in [-0.2, 0) is 0 Å². The summed E-state index contributed by atoms with van der Waals surface area (Å²) < 4.78 is 2.49. The van der Waals surface area contributed by atoms with Gasteiger partial charge in [-0.1, -0.05) is 168 Å². The molecule has 36 heavy (non-hydrogen) atoms. The highest BCUT2D eigenvalue weighted by Crippen LogP contribution is 2.26. The zero-order valence-corrected chi connectivity index (χ0v) is 25.4. The quantitative estimate of drug-likeness (QED) is 0.109. The Morgan fingerprint density at radius 1 is 0.528 bits per heavy atom. The van der Waals surface area contributed by atoms with Crippen molar-refractivity contribution in [2.75, 3.05) is 0 Å². The lowest BCUT2D eigenvalue weighted by Gasteiger charge is -2.20. The maximum atomic E-state index is 4.78. The van der Waals surface area contributed by atoms with Crippen molar-refractivity contribution in [1.82, 2.24) is 9.55 Å². The molecule has 0 saturated carbocycles. The molecule has 0 spiro atoms. The molecule has 0 bridgehead atoms. The fourth-order valence-electron chi connectivity index (χ4n) is 5.74. The second-order valence-corrected chi connectivity index (χ2v) is 11.9. The van der Waals surface area contributed by atoms with Gasteiger partial charge in [0.05, 0.1) is 0 Å². The van der Waals surface area contributed by atoms with Crippen molar-refractivity contribution in [3.8, 4) is 0 Å². The van der Waals surface area contributed by atoms with E-state index in [0.29, 0.717) is 12.0 Å². The Bertz CT molecular complexity index is 563. The van der Waals surface area contributed by atoms with E-state index >= 15 is 0 Å². The summed E-state index contributed by atoms with van der Waals surface area (Å²) in [6.07, 6.45) is 39.7. The number of unbranched alkanes of at least 4 members (excludes halogenated alkanes) is 21. The molecule has 0 amide bonds. The monoisotopic (exact) mass is 503 g/mol. The smallest absolute Gasteiger partial charge is 0.111 e. The number of nitrogens with zero attached hydrogens (tertiary/aromatic N) is 2. The predicted octanol–water partition coefficient (Wildman–Crippen LogP) is 12.3. The minimum atomic E-state index is 0.586. The molecule has 0 aliphatic carbocycles. The number of hydrogen-bond donors (Lipinski definition) is 0. The van der Waals surface area contributed by atoms with Gasteiger partial charge >= 0.3 is 0 Å². The largest absolute Gasteiger partial charge is 0.332 e. The number of rotatable bonds is 27. The van der Waals surface area contributed by atoms with E-state index in [2.05, 4.69) is 38.5 Å². The Morgan fingerprint density at radius 2 is 0.889 bits per heavy atom. The second kappa shape index (κ2) is 24.5. The highest BCUT2D eigenvalue weighted by Gasteiger charge is 2.15. The fraction of sp³-hybridized carbons (Fsp3) is 0.912. The van der Waals surface area contributed by atoms with Crippen molar-refractivity contribution in [2.24, 2.45) is 0 Å². The number of imidazole rings is 1. The first kappa shape index (κ1) is 33.2. The van der Waals surface area contributed by atoms with Crippen LogP contribution in [0.15, 0.2) is 12.4 Å². The number of hydrogen-bond acceptors (Lipinski definition) is 1. The molecule has 0 aromatic carbocycles. The summed E-state index contributed by atoms with van der Waals surface area (Å²) >= 11 is 0. The molecule has 0 aliphatic heterocycles. The molecule has 1 rings (SSSR count). The van der Waals surface area contributed by atoms with Crippen LogP contribution < -0.4 is 0 Å². The van der Waals surface area contributed by atoms with Crippen LogP contribution in [0.25, 0.3) is 0 Å². The van der Waals surface area contributed by atoms with Gasteiger partial charge in [-0.3, -0.25) is 0 Å². The van der Waals surface area contributed by atoms with Gasteiger partial charge in [0, 0.05) is 24.4 Å². The molecular formula is C34H66N2. The lowest BCUT2D eigenvalue weighted by Crippen LogP contribution is -2.11. The zero-order chi connectivity index (χ0) is 26.1. The standard InChI is InChI=1S/C34H66N2/c1-5-7-9-11-13-15-17-19-21-23-25-27-29-33(4)36-31-30-35-34(36)32(3)28-26-24-22-20-18-16-14-12-10-8-6-2/h30-33H,5-29H2,1-4H3. The number of aromatic nitrogens is 2. The summed E-state index contributed by atoms with van der Waals surface area (Å²) in [7, 11) is 0. The maximum absolute atomic E-state index is 4.78. The molecule has 2 atom stereocenters. The van der Waals surface area contributed by atoms with Crippen LogP contribution in [0.1, 0.15) is 206 Å². The van der Waals surface area contributed by atoms with E-state index in [1.54, 1.807) is 0 Å². The van der Waals surface area contributed by atoms with Crippen LogP contribution in [0.4, 0.5) is 0 Å². The Labute approximate surface area is 227 Å². The normalized spacial score (nSPS) is 13.3. The molecular weight excluding hydrogens is 436 g/mol. The van der Waals surface area contributed by atoms with E-state index in [9.17, 15) is 0 Å². The molecule has 1 aromatic heterocycles. The van der Waals surface area contributed by atoms with Gasteiger partial charge in [-0.05, 0) is 19.8 Å². The van der Waals surface area contributed by atoms with Gasteiger partial charge in [0.25, 0.3) is 0 Å². The van der Waals surface area contributed by atoms with Crippen LogP contribution in [0.3, 0.4) is 0 Å². The Balaban J connectivity index is 2.04. The van der Waals surface area contributed by atoms with Crippen LogP contribution in [0.2, 0.25) is 0 Å². The molecule has 212 valence electrons. The maximum Gasteiger partial charge on any atom is 0.111 e. The van der Waals surface area contributed by atoms with Gasteiger partial charge in [0.1, 0.15) is 5.82 Å². The molecule has 1 heterocycles. The van der Waals surface area contributed by atoms with Gasteiger partial charge in [0.2, 0.25) is 0 Å². The first-order chi connectivity index (χ1) is 17.7. The molecule has 2 nitrogen and oxygen atoms in total. The van der Waals surface area contributed by atoms with E-state index in [4.69, 9.17) is 4.98 Å². The molecule has 0 saturated heterocycles. The molecule has 0 N–H and O–H groups in total. The van der Waals surface area contributed by atoms with Crippen molar-refractivity contribution in [3.63, 3.8) is 0 Å². The summed E-state index contributed by atoms with van der Waals surface area (Å²) in [6.45, 7) is 9.40. The van der Waals surface area contributed by atoms with Crippen LogP contribution in [-0.4, -0.2) is 9.55 Å². The van der Waals surface area contributed by atoms with Crippen LogP contribution in [0, 0.1) is 0 Å². The van der Waals surface area contributed by atoms with Gasteiger partial charge < -0.3 is 4.57 Å². The highest BCUT2D eigenvalue weighted by atomic mass is 15.1. The fourth-order valence-corrected chi connectivity index (χ4v) is 5.74. The van der Waals surface area contributed by atoms with Crippen molar-refractivity contribution in [1.29, 1.82) is 0 Å². The van der Waals surface area contributed by atoms with E-state index < -0.39 is 0 Å². The van der Waals surface area contributed by atoms with Crippen LogP contribution >= 0.6 is 0 Å². The average Bonchev–Trinajstić information content (AvgIpc) is 3.38. The van der Waals surface area contributed by atoms with Crippen molar-refractivity contribution in [3.05, 3.63) is 18.2 Å². The second-order valence-electron chi connectivity index (χ2n) is 11.9. The summed E-state index contributed by atoms with van der Waals surface area (Å²) in [4.78, 5) is 4.78. The summed E-state index contributed by atoms with van der Waals surface area (Å²) in [5.74, 6) is 1.91. The van der Waals surface area contributed by atoms with Crippen molar-refractivity contribution < 1.29 is 0 Å². The lowest BCUT2D eigenvalue weighted by atomic mass is 10.00. The highest BCUT2D eigenvalue weighted by molar-refractivity contribution is 5.00. The third-order valence-corrected chi connectivity index (χ3v) is 8.33. The van der Waals surface area contributed by atoms with E-state index in [1.165, 1.54) is 166 Å². The Hall–Kier alpha value is -0.790. The Kier molecular flexibility index (Phi) is 22.7. The molecule has 0 fully saturated rings. The summed E-state index contributed by atoms with van der Waals surface area (Å²) in [6, 6.07) is 0.588. The minimum Gasteiger partial charge on any atom is -0.332 e. The van der Waals surface area contributed by atoms with E-state index in [-0.39, 0.29) is 0 Å². The van der Waals surface area contributed by atoms with Crippen LogP contribution in [0.5, 0.6) is 0 Å². The SMILES string of the molecule is CCCCCCCCCCCCCCC(C)n1ccnc1C(C)CCCCCCCCCCCCC. The lowest BCUT2D eigenvalue weighted by molar-refractivity contribution is 0.435. The molecule has 1 aromatic rings. The van der Waals surface area contributed by atoms with Gasteiger partial charge in [-0.15, -0.1) is 0 Å². The first-order valence-electron chi connectivity index (χ1n) is 16.7. The summed E-state index contributed by atoms with van der Waals surface area (Å²) in [5, 5.41) is 0. The minimum absolute atomic E-state index is 0.586. The van der Waals surface area contributed by atoms with Crippen molar-refractivity contribution >= 4 is 0 Å². The molecule has 0 radical (unpaired) electrons. The van der Waals surface area contributed by atoms with Gasteiger partial charge in [0.15, 0.2) is 0 Å². The van der Waals surface area contributed by atoms with E-state index in [0.717, 1.165) is 0 Å². The zero-order valence-electron chi connectivity index (χ0n) is 25.4. The Morgan fingerprint density at radius 3 is 1.31 bits per heavy atom.